The lowest BCUT2D eigenvalue weighted by molar-refractivity contribution is -0.114. The van der Waals surface area contributed by atoms with Crippen molar-refractivity contribution in [2.45, 2.75) is 59.1 Å². The third kappa shape index (κ3) is 3.36. The minimum Gasteiger partial charge on any atom is -0.458 e. The minimum atomic E-state index is -0.211. The zero-order valence-electron chi connectivity index (χ0n) is 13.7. The number of fused-ring (bicyclic) bond motifs is 1. The molecule has 0 heterocycles. The fourth-order valence-electron chi connectivity index (χ4n) is 4.38. The van der Waals surface area contributed by atoms with Crippen molar-refractivity contribution in [1.29, 1.82) is 0 Å². The molecule has 21 heavy (non-hydrogen) atoms. The molecule has 0 radical (unpaired) electrons. The van der Waals surface area contributed by atoms with Gasteiger partial charge >= 0.3 is 5.30 Å². The van der Waals surface area contributed by atoms with Gasteiger partial charge in [0.1, 0.15) is 0 Å². The van der Waals surface area contributed by atoms with E-state index in [-0.39, 0.29) is 33.1 Å². The molecule has 0 amide bonds. The van der Waals surface area contributed by atoms with Crippen LogP contribution < -0.4 is 0 Å². The zero-order valence-corrected chi connectivity index (χ0v) is 14.5. The second-order valence-electron chi connectivity index (χ2n) is 7.44. The summed E-state index contributed by atoms with van der Waals surface area (Å²) in [5, 5.41) is -0.0761. The smallest absolute Gasteiger partial charge is 0.367 e. The third-order valence-electron chi connectivity index (χ3n) is 4.80. The van der Waals surface area contributed by atoms with E-state index in [1.54, 1.807) is 6.92 Å². The monoisotopic (exact) mass is 310 g/mol. The van der Waals surface area contributed by atoms with Crippen LogP contribution in [0.5, 0.6) is 0 Å². The lowest BCUT2D eigenvalue weighted by Gasteiger charge is -2.49. The fraction of sp³-hybridized carbons (Fsp3) is 0.765. The van der Waals surface area contributed by atoms with Crippen LogP contribution in [0, 0.1) is 16.7 Å². The first-order chi connectivity index (χ1) is 9.68. The molecule has 3 atom stereocenters. The van der Waals surface area contributed by atoms with E-state index in [0.717, 1.165) is 24.8 Å². The molecule has 2 aliphatic rings. The number of thioether (sulfide) groups is 1. The summed E-state index contributed by atoms with van der Waals surface area (Å²) in [6.07, 6.45) is 5.09. The molecular weight excluding hydrogens is 284 g/mol. The highest BCUT2D eigenvalue weighted by Gasteiger charge is 2.53. The molecular formula is C17H26O3S. The first-order valence-corrected chi connectivity index (χ1v) is 8.61. The van der Waals surface area contributed by atoms with E-state index in [9.17, 15) is 9.59 Å². The van der Waals surface area contributed by atoms with E-state index >= 15 is 0 Å². The highest BCUT2D eigenvalue weighted by atomic mass is 32.2. The lowest BCUT2D eigenvalue weighted by Crippen LogP contribution is -2.45. The van der Waals surface area contributed by atoms with Crippen molar-refractivity contribution in [3.63, 3.8) is 0 Å². The van der Waals surface area contributed by atoms with Crippen LogP contribution in [-0.4, -0.2) is 22.9 Å². The number of carbonyl (C=O) groups excluding carboxylic acids is 2. The van der Waals surface area contributed by atoms with Crippen molar-refractivity contribution in [3.05, 3.63) is 11.6 Å². The van der Waals surface area contributed by atoms with Crippen molar-refractivity contribution in [3.8, 4) is 0 Å². The van der Waals surface area contributed by atoms with Gasteiger partial charge in [0, 0.05) is 11.2 Å². The highest BCUT2D eigenvalue weighted by Crippen LogP contribution is 2.59. The molecule has 0 aromatic heterocycles. The second kappa shape index (κ2) is 5.79. The fourth-order valence-corrected chi connectivity index (χ4v) is 5.96. The number of hydrogen-bond acceptors (Lipinski definition) is 4. The van der Waals surface area contributed by atoms with E-state index in [1.165, 1.54) is 11.8 Å². The summed E-state index contributed by atoms with van der Waals surface area (Å²) >= 11 is 1.29. The van der Waals surface area contributed by atoms with Crippen LogP contribution in [0.2, 0.25) is 0 Å². The summed E-state index contributed by atoms with van der Waals surface area (Å²) in [6, 6.07) is 0. The number of ketones is 1. The number of ether oxygens (including phenoxy) is 1. The Morgan fingerprint density at radius 2 is 2.05 bits per heavy atom. The summed E-state index contributed by atoms with van der Waals surface area (Å²) in [6.45, 7) is 10.7. The van der Waals surface area contributed by atoms with Gasteiger partial charge in [0.2, 0.25) is 0 Å². The molecule has 0 unspecified atom stereocenters. The first kappa shape index (κ1) is 16.6. The topological polar surface area (TPSA) is 43.4 Å². The normalized spacial score (nSPS) is 34.0. The van der Waals surface area contributed by atoms with Crippen molar-refractivity contribution in [2.75, 3.05) is 6.61 Å². The van der Waals surface area contributed by atoms with Gasteiger partial charge < -0.3 is 4.74 Å². The molecule has 2 aliphatic carbocycles. The number of allylic oxidation sites excluding steroid dienone is 2. The zero-order chi connectivity index (χ0) is 15.8. The van der Waals surface area contributed by atoms with Gasteiger partial charge in [0.25, 0.3) is 0 Å². The molecule has 0 spiro atoms. The van der Waals surface area contributed by atoms with E-state index in [2.05, 4.69) is 26.8 Å². The quantitative estimate of drug-likeness (QED) is 0.714. The van der Waals surface area contributed by atoms with Crippen LogP contribution in [0.15, 0.2) is 11.6 Å². The summed E-state index contributed by atoms with van der Waals surface area (Å²) in [5.41, 5.74) is 1.21. The van der Waals surface area contributed by atoms with E-state index in [0.29, 0.717) is 6.61 Å². The van der Waals surface area contributed by atoms with Crippen LogP contribution in [0.1, 0.15) is 53.9 Å². The van der Waals surface area contributed by atoms with Gasteiger partial charge in [-0.3, -0.25) is 4.79 Å². The first-order valence-electron chi connectivity index (χ1n) is 7.73. The maximum Gasteiger partial charge on any atom is 0.367 e. The predicted octanol–water partition coefficient (Wildman–Crippen LogP) is 4.61. The Morgan fingerprint density at radius 3 is 2.62 bits per heavy atom. The van der Waals surface area contributed by atoms with Gasteiger partial charge in [0.05, 0.1) is 6.61 Å². The summed E-state index contributed by atoms with van der Waals surface area (Å²) in [5.74, 6) is 0.329. The summed E-state index contributed by atoms with van der Waals surface area (Å²) < 4.78 is 5.11. The third-order valence-corrected chi connectivity index (χ3v) is 5.85. The number of Topliss-reactive ketones (excluding diaryl/α,β-unsaturated/α-hetero) is 1. The standard InChI is InChI=1S/C17H26O3S/c1-6-20-15(19)21-13-9-16(3,4)10-17(5)8-7-12(11(2)18)14(13)17/h7,13-14H,6,8-10H2,1-5H3/t13-,14+,17-/m1/s1. The van der Waals surface area contributed by atoms with Gasteiger partial charge in [-0.2, -0.15) is 0 Å². The van der Waals surface area contributed by atoms with E-state index in [1.807, 2.05) is 6.92 Å². The Hall–Kier alpha value is -0.770. The Morgan fingerprint density at radius 1 is 1.38 bits per heavy atom. The summed E-state index contributed by atoms with van der Waals surface area (Å²) in [7, 11) is 0. The molecule has 0 bridgehead atoms. The molecule has 0 aromatic rings. The molecule has 0 saturated heterocycles. The van der Waals surface area contributed by atoms with Crippen LogP contribution >= 0.6 is 11.8 Å². The van der Waals surface area contributed by atoms with E-state index < -0.39 is 0 Å². The molecule has 4 heteroatoms. The van der Waals surface area contributed by atoms with Gasteiger partial charge in [-0.15, -0.1) is 0 Å². The molecule has 2 rings (SSSR count). The Kier molecular flexibility index (Phi) is 4.57. The molecule has 0 aliphatic heterocycles. The number of hydrogen-bond donors (Lipinski definition) is 0. The SMILES string of the molecule is CCOC(=O)S[C@@H]1CC(C)(C)C[C@@]2(C)CC=C(C(C)=O)[C@@H]12. The lowest BCUT2D eigenvalue weighted by atomic mass is 9.58. The van der Waals surface area contributed by atoms with Crippen LogP contribution in [0.4, 0.5) is 4.79 Å². The number of carbonyl (C=O) groups is 2. The number of rotatable bonds is 3. The molecule has 3 nitrogen and oxygen atoms in total. The van der Waals surface area contributed by atoms with Gasteiger partial charge in [-0.05, 0) is 61.3 Å². The average molecular weight is 310 g/mol. The highest BCUT2D eigenvalue weighted by molar-refractivity contribution is 8.13. The molecule has 118 valence electrons. The van der Waals surface area contributed by atoms with Crippen LogP contribution in [0.25, 0.3) is 0 Å². The van der Waals surface area contributed by atoms with Crippen molar-refractivity contribution in [2.24, 2.45) is 16.7 Å². The molecule has 1 saturated carbocycles. The summed E-state index contributed by atoms with van der Waals surface area (Å²) in [4.78, 5) is 23.9. The maximum absolute atomic E-state index is 12.0. The van der Waals surface area contributed by atoms with Crippen LogP contribution in [-0.2, 0) is 9.53 Å². The predicted molar refractivity (Wildman–Crippen MR) is 86.4 cm³/mol. The van der Waals surface area contributed by atoms with E-state index in [4.69, 9.17) is 4.74 Å². The van der Waals surface area contributed by atoms with Crippen LogP contribution in [0.3, 0.4) is 0 Å². The molecule has 0 N–H and O–H groups in total. The van der Waals surface area contributed by atoms with Crippen molar-refractivity contribution in [1.82, 2.24) is 0 Å². The molecule has 0 aromatic carbocycles. The Bertz CT molecular complexity index is 480. The second-order valence-corrected chi connectivity index (χ2v) is 8.61. The van der Waals surface area contributed by atoms with Crippen molar-refractivity contribution >= 4 is 22.8 Å². The minimum absolute atomic E-state index is 0.0902. The Labute approximate surface area is 131 Å². The average Bonchev–Trinajstić information content (AvgIpc) is 2.64. The van der Waals surface area contributed by atoms with Crippen molar-refractivity contribution < 1.29 is 14.3 Å². The maximum atomic E-state index is 12.0. The Balaban J connectivity index is 2.28. The molecule has 1 fully saturated rings. The van der Waals surface area contributed by atoms with Gasteiger partial charge in [-0.25, -0.2) is 4.79 Å². The van der Waals surface area contributed by atoms with Gasteiger partial charge in [0.15, 0.2) is 5.78 Å². The van der Waals surface area contributed by atoms with Gasteiger partial charge in [-0.1, -0.05) is 26.8 Å². The largest absolute Gasteiger partial charge is 0.458 e.